The second kappa shape index (κ2) is 8.99. The molecule has 2 heterocycles. The predicted molar refractivity (Wildman–Crippen MR) is 115 cm³/mol. The Balaban J connectivity index is 1.84. The molecule has 0 aliphatic carbocycles. The minimum atomic E-state index is -4.56. The molecular weight excluding hydrogens is 510 g/mol. The van der Waals surface area contributed by atoms with Gasteiger partial charge in [-0.2, -0.15) is 13.2 Å². The number of rotatable bonds is 5. The topological polar surface area (TPSA) is 64.1 Å². The molecule has 0 saturated heterocycles. The first kappa shape index (κ1) is 22.0. The number of halogens is 4. The average Bonchev–Trinajstić information content (AvgIpc) is 2.69. The van der Waals surface area contributed by atoms with Crippen molar-refractivity contribution in [3.63, 3.8) is 0 Å². The Kier molecular flexibility index (Phi) is 6.59. The molecule has 0 atom stereocenters. The Hall–Kier alpha value is -2.69. The second-order valence-electron chi connectivity index (χ2n) is 6.29. The number of aromatic nitrogens is 2. The Labute approximate surface area is 184 Å². The zero-order chi connectivity index (χ0) is 21.9. The summed E-state index contributed by atoms with van der Waals surface area (Å²) in [6, 6.07) is 10.8. The largest absolute Gasteiger partial charge is 0.492 e. The number of hydrogen-bond donors (Lipinski definition) is 1. The molecule has 1 N–H and O–H groups in total. The lowest BCUT2D eigenvalue weighted by molar-refractivity contribution is -0.141. The van der Waals surface area contributed by atoms with Crippen LogP contribution in [0.5, 0.6) is 5.75 Å². The molecular formula is C21H17F3IN3O2. The van der Waals surface area contributed by atoms with Crippen molar-refractivity contribution in [2.24, 2.45) is 0 Å². The van der Waals surface area contributed by atoms with E-state index in [1.807, 2.05) is 25.1 Å². The van der Waals surface area contributed by atoms with Gasteiger partial charge in [-0.05, 0) is 78.9 Å². The summed E-state index contributed by atoms with van der Waals surface area (Å²) >= 11 is 2.17. The Morgan fingerprint density at radius 2 is 1.93 bits per heavy atom. The van der Waals surface area contributed by atoms with Crippen LogP contribution in [0, 0.1) is 10.5 Å². The van der Waals surface area contributed by atoms with Gasteiger partial charge in [0.25, 0.3) is 5.91 Å². The quantitative estimate of drug-likeness (QED) is 0.431. The van der Waals surface area contributed by atoms with Gasteiger partial charge in [-0.25, -0.2) is 4.98 Å². The van der Waals surface area contributed by atoms with E-state index in [0.29, 0.717) is 23.7 Å². The maximum Gasteiger partial charge on any atom is 0.433 e. The fourth-order valence-corrected chi connectivity index (χ4v) is 3.36. The normalized spacial score (nSPS) is 11.3. The summed E-state index contributed by atoms with van der Waals surface area (Å²) in [7, 11) is 0. The molecule has 9 heteroatoms. The van der Waals surface area contributed by atoms with Gasteiger partial charge in [0.05, 0.1) is 29.8 Å². The van der Waals surface area contributed by atoms with Crippen LogP contribution in [0.25, 0.3) is 11.3 Å². The number of benzene rings is 1. The first-order valence-corrected chi connectivity index (χ1v) is 10.0. The van der Waals surface area contributed by atoms with Crippen molar-refractivity contribution in [1.29, 1.82) is 0 Å². The lowest BCUT2D eigenvalue weighted by Gasteiger charge is -2.12. The van der Waals surface area contributed by atoms with E-state index in [-0.39, 0.29) is 11.3 Å². The van der Waals surface area contributed by atoms with Crippen molar-refractivity contribution in [1.82, 2.24) is 9.97 Å². The molecule has 156 valence electrons. The highest BCUT2D eigenvalue weighted by molar-refractivity contribution is 14.1. The minimum Gasteiger partial charge on any atom is -0.492 e. The van der Waals surface area contributed by atoms with Crippen molar-refractivity contribution in [2.75, 3.05) is 11.9 Å². The smallest absolute Gasteiger partial charge is 0.433 e. The molecule has 0 fully saturated rings. The summed E-state index contributed by atoms with van der Waals surface area (Å²) in [5.41, 5.74) is 1.04. The predicted octanol–water partition coefficient (Wildman–Crippen LogP) is 5.73. The zero-order valence-electron chi connectivity index (χ0n) is 16.0. The molecule has 0 aliphatic heterocycles. The van der Waals surface area contributed by atoms with Crippen molar-refractivity contribution in [3.05, 3.63) is 69.2 Å². The van der Waals surface area contributed by atoms with E-state index in [1.54, 1.807) is 18.3 Å². The van der Waals surface area contributed by atoms with Gasteiger partial charge in [-0.3, -0.25) is 9.78 Å². The molecule has 0 radical (unpaired) electrons. The molecule has 5 nitrogen and oxygen atoms in total. The highest BCUT2D eigenvalue weighted by Crippen LogP contribution is 2.30. The molecule has 1 amide bonds. The minimum absolute atomic E-state index is 0.00115. The van der Waals surface area contributed by atoms with Gasteiger partial charge >= 0.3 is 6.18 Å². The molecule has 0 spiro atoms. The van der Waals surface area contributed by atoms with Crippen LogP contribution in [0.4, 0.5) is 18.9 Å². The van der Waals surface area contributed by atoms with Gasteiger partial charge in [-0.1, -0.05) is 0 Å². The SMILES string of the molecule is CCOc1ccc(-c2cc(NC(=O)c3ccc(C(F)(F)F)nc3C)ccc2I)nc1. The van der Waals surface area contributed by atoms with Gasteiger partial charge in [0.2, 0.25) is 0 Å². The summed E-state index contributed by atoms with van der Waals surface area (Å²) in [5.74, 6) is 0.117. The maximum atomic E-state index is 12.8. The number of amides is 1. The number of nitrogens with zero attached hydrogens (tertiary/aromatic N) is 2. The number of ether oxygens (including phenoxy) is 1. The Morgan fingerprint density at radius 3 is 2.53 bits per heavy atom. The number of alkyl halides is 3. The number of carbonyl (C=O) groups is 1. The summed E-state index contributed by atoms with van der Waals surface area (Å²) in [6.45, 7) is 3.79. The third-order valence-electron chi connectivity index (χ3n) is 4.17. The number of hydrogen-bond acceptors (Lipinski definition) is 4. The number of anilines is 1. The molecule has 1 aromatic carbocycles. The van der Waals surface area contributed by atoms with Crippen LogP contribution >= 0.6 is 22.6 Å². The summed E-state index contributed by atoms with van der Waals surface area (Å²) in [4.78, 5) is 20.5. The molecule has 0 unspecified atom stereocenters. The van der Waals surface area contributed by atoms with Crippen molar-refractivity contribution < 1.29 is 22.7 Å². The standard InChI is InChI=1S/C21H17F3IN3O2/c1-3-30-14-5-8-18(26-11-14)16-10-13(4-7-17(16)25)28-20(29)15-6-9-19(21(22,23)24)27-12(15)2/h4-11H,3H2,1-2H3,(H,28,29). The van der Waals surface area contributed by atoms with E-state index < -0.39 is 17.8 Å². The van der Waals surface area contributed by atoms with Gasteiger partial charge < -0.3 is 10.1 Å². The molecule has 0 bridgehead atoms. The van der Waals surface area contributed by atoms with E-state index in [2.05, 4.69) is 37.9 Å². The van der Waals surface area contributed by atoms with E-state index in [0.717, 1.165) is 21.3 Å². The van der Waals surface area contributed by atoms with Crippen LogP contribution in [-0.2, 0) is 6.18 Å². The van der Waals surface area contributed by atoms with Gasteiger partial charge in [0, 0.05) is 14.8 Å². The number of aryl methyl sites for hydroxylation is 1. The van der Waals surface area contributed by atoms with Gasteiger partial charge in [0.1, 0.15) is 11.4 Å². The molecule has 0 aliphatic rings. The first-order valence-electron chi connectivity index (χ1n) is 8.94. The average molecular weight is 527 g/mol. The highest BCUT2D eigenvalue weighted by Gasteiger charge is 2.33. The first-order chi connectivity index (χ1) is 14.2. The fourth-order valence-electron chi connectivity index (χ4n) is 2.75. The monoisotopic (exact) mass is 527 g/mol. The van der Waals surface area contributed by atoms with Crippen LogP contribution in [0.1, 0.15) is 28.7 Å². The van der Waals surface area contributed by atoms with Crippen molar-refractivity contribution >= 4 is 34.2 Å². The lowest BCUT2D eigenvalue weighted by atomic mass is 10.1. The Morgan fingerprint density at radius 1 is 1.17 bits per heavy atom. The van der Waals surface area contributed by atoms with Crippen molar-refractivity contribution in [3.8, 4) is 17.0 Å². The van der Waals surface area contributed by atoms with Crippen molar-refractivity contribution in [2.45, 2.75) is 20.0 Å². The summed E-state index contributed by atoms with van der Waals surface area (Å²) in [6.07, 6.45) is -2.94. The molecule has 30 heavy (non-hydrogen) atoms. The zero-order valence-corrected chi connectivity index (χ0v) is 18.2. The summed E-state index contributed by atoms with van der Waals surface area (Å²) in [5, 5.41) is 2.71. The second-order valence-corrected chi connectivity index (χ2v) is 7.45. The molecule has 3 rings (SSSR count). The summed E-state index contributed by atoms with van der Waals surface area (Å²) < 4.78 is 44.7. The third kappa shape index (κ3) is 5.07. The molecule has 3 aromatic rings. The van der Waals surface area contributed by atoms with E-state index in [4.69, 9.17) is 4.74 Å². The fraction of sp³-hybridized carbons (Fsp3) is 0.190. The third-order valence-corrected chi connectivity index (χ3v) is 5.11. The number of carbonyl (C=O) groups excluding carboxylic acids is 1. The molecule has 0 saturated carbocycles. The Bertz CT molecular complexity index is 1070. The number of nitrogens with one attached hydrogen (secondary N) is 1. The van der Waals surface area contributed by atoms with Gasteiger partial charge in [-0.15, -0.1) is 0 Å². The van der Waals surface area contributed by atoms with Gasteiger partial charge in [0.15, 0.2) is 0 Å². The van der Waals surface area contributed by atoms with E-state index in [1.165, 1.54) is 6.92 Å². The van der Waals surface area contributed by atoms with E-state index >= 15 is 0 Å². The highest BCUT2D eigenvalue weighted by atomic mass is 127. The van der Waals surface area contributed by atoms with Crippen LogP contribution in [0.15, 0.2) is 48.7 Å². The van der Waals surface area contributed by atoms with Crippen LogP contribution in [0.2, 0.25) is 0 Å². The van der Waals surface area contributed by atoms with Crippen LogP contribution in [0.3, 0.4) is 0 Å². The lowest BCUT2D eigenvalue weighted by Crippen LogP contribution is -2.16. The van der Waals surface area contributed by atoms with Crippen LogP contribution in [-0.4, -0.2) is 22.5 Å². The maximum absolute atomic E-state index is 12.8. The van der Waals surface area contributed by atoms with Crippen LogP contribution < -0.4 is 10.1 Å². The number of pyridine rings is 2. The van der Waals surface area contributed by atoms with E-state index in [9.17, 15) is 18.0 Å². The molecule has 2 aromatic heterocycles.